The third-order valence-electron chi connectivity index (χ3n) is 3.36. The van der Waals surface area contributed by atoms with Crippen molar-refractivity contribution in [3.05, 3.63) is 65.9 Å². The van der Waals surface area contributed by atoms with Crippen LogP contribution >= 0.6 is 0 Å². The Morgan fingerprint density at radius 1 is 1.14 bits per heavy atom. The molecule has 0 fully saturated rings. The van der Waals surface area contributed by atoms with Gasteiger partial charge in [-0.2, -0.15) is 0 Å². The second kappa shape index (κ2) is 5.89. The van der Waals surface area contributed by atoms with Gasteiger partial charge in [0.2, 0.25) is 0 Å². The minimum Gasteiger partial charge on any atom is -0.506 e. The molecule has 0 aliphatic heterocycles. The number of hydrogen-bond donors (Lipinski definition) is 1. The Morgan fingerprint density at radius 3 is 2.77 bits per heavy atom. The first-order valence-electron chi connectivity index (χ1n) is 6.95. The number of aromatic hydroxyl groups is 1. The van der Waals surface area contributed by atoms with Gasteiger partial charge in [-0.1, -0.05) is 47.9 Å². The summed E-state index contributed by atoms with van der Waals surface area (Å²) in [6, 6.07) is 16.2. The molecule has 0 amide bonds. The van der Waals surface area contributed by atoms with Crippen molar-refractivity contribution in [1.29, 1.82) is 0 Å². The molecule has 2 aromatic carbocycles. The zero-order valence-corrected chi connectivity index (χ0v) is 12.1. The fourth-order valence-electron chi connectivity index (χ4n) is 2.27. The molecule has 22 heavy (non-hydrogen) atoms. The van der Waals surface area contributed by atoms with E-state index in [1.165, 1.54) is 6.07 Å². The first-order valence-corrected chi connectivity index (χ1v) is 6.95. The molecule has 4 nitrogen and oxygen atoms in total. The summed E-state index contributed by atoms with van der Waals surface area (Å²) in [6.45, 7) is 0.195. The zero-order chi connectivity index (χ0) is 15.5. The van der Waals surface area contributed by atoms with Crippen LogP contribution in [-0.4, -0.2) is 23.9 Å². The molecule has 0 aliphatic rings. The Bertz CT molecular complexity index is 848. The lowest BCUT2D eigenvalue weighted by molar-refractivity contribution is 0.0466. The summed E-state index contributed by atoms with van der Waals surface area (Å²) in [7, 11) is 1.99. The number of ether oxygens (including phenoxy) is 1. The van der Waals surface area contributed by atoms with Crippen molar-refractivity contribution in [1.82, 2.24) is 4.98 Å². The molecular formula is C17H14BNO3. The number of carbonyl (C=O) groups is 1. The molecule has 0 bridgehead atoms. The molecule has 1 N–H and O–H groups in total. The standard InChI is InChI=1S/C17H14BNO3/c18-13-5-1-3-11(9-13)10-22-17(21)14-8-7-12-4-2-6-15(20)16(12)19-14/h1-9,20H,10,18H2. The number of fused-ring (bicyclic) bond motifs is 1. The van der Waals surface area contributed by atoms with Crippen LogP contribution in [0.25, 0.3) is 10.9 Å². The van der Waals surface area contributed by atoms with E-state index in [4.69, 9.17) is 4.74 Å². The quantitative estimate of drug-likeness (QED) is 0.587. The summed E-state index contributed by atoms with van der Waals surface area (Å²) in [5.41, 5.74) is 2.62. The molecular weight excluding hydrogens is 277 g/mol. The van der Waals surface area contributed by atoms with Crippen LogP contribution in [0.5, 0.6) is 5.75 Å². The van der Waals surface area contributed by atoms with E-state index in [9.17, 15) is 9.90 Å². The van der Waals surface area contributed by atoms with Gasteiger partial charge in [0.1, 0.15) is 31.4 Å². The molecule has 0 spiro atoms. The second-order valence-corrected chi connectivity index (χ2v) is 5.11. The maximum Gasteiger partial charge on any atom is 0.357 e. The van der Waals surface area contributed by atoms with Crippen LogP contribution in [0.3, 0.4) is 0 Å². The Labute approximate surface area is 128 Å². The number of esters is 1. The number of para-hydroxylation sites is 1. The van der Waals surface area contributed by atoms with E-state index < -0.39 is 5.97 Å². The summed E-state index contributed by atoms with van der Waals surface area (Å²) in [5.74, 6) is -0.461. The summed E-state index contributed by atoms with van der Waals surface area (Å²) in [5, 5.41) is 10.6. The van der Waals surface area contributed by atoms with Crippen LogP contribution in [0.4, 0.5) is 0 Å². The molecule has 0 saturated carbocycles. The second-order valence-electron chi connectivity index (χ2n) is 5.11. The van der Waals surface area contributed by atoms with Crippen molar-refractivity contribution in [2.45, 2.75) is 6.61 Å². The molecule has 0 aliphatic carbocycles. The molecule has 0 atom stereocenters. The van der Waals surface area contributed by atoms with Crippen LogP contribution in [0, 0.1) is 0 Å². The third kappa shape index (κ3) is 2.93. The highest BCUT2D eigenvalue weighted by Gasteiger charge is 2.11. The molecule has 1 heterocycles. The number of benzene rings is 2. The van der Waals surface area contributed by atoms with Crippen LogP contribution in [0.2, 0.25) is 0 Å². The predicted molar refractivity (Wildman–Crippen MR) is 87.1 cm³/mol. The highest BCUT2D eigenvalue weighted by atomic mass is 16.5. The summed E-state index contributed by atoms with van der Waals surface area (Å²) < 4.78 is 5.27. The van der Waals surface area contributed by atoms with Crippen molar-refractivity contribution in [3.63, 3.8) is 0 Å². The van der Waals surface area contributed by atoms with Gasteiger partial charge in [-0.3, -0.25) is 0 Å². The van der Waals surface area contributed by atoms with Gasteiger partial charge >= 0.3 is 5.97 Å². The first-order chi connectivity index (χ1) is 10.6. The lowest BCUT2D eigenvalue weighted by atomic mass is 9.95. The number of phenols is 1. The lowest BCUT2D eigenvalue weighted by Gasteiger charge is -2.06. The fraction of sp³-hybridized carbons (Fsp3) is 0.0588. The number of carbonyl (C=O) groups excluding carboxylic acids is 1. The van der Waals surface area contributed by atoms with Gasteiger partial charge in [-0.15, -0.1) is 0 Å². The minimum atomic E-state index is -0.508. The summed E-state index contributed by atoms with van der Waals surface area (Å²) in [6.07, 6.45) is 0. The highest BCUT2D eigenvalue weighted by Crippen LogP contribution is 2.22. The predicted octanol–water partition coefficient (Wildman–Crippen LogP) is 1.56. The van der Waals surface area contributed by atoms with Crippen LogP contribution in [0.1, 0.15) is 16.1 Å². The summed E-state index contributed by atoms with van der Waals surface area (Å²) in [4.78, 5) is 16.3. The average Bonchev–Trinajstić information content (AvgIpc) is 2.53. The van der Waals surface area contributed by atoms with Crippen molar-refractivity contribution >= 4 is 30.2 Å². The van der Waals surface area contributed by atoms with E-state index in [1.54, 1.807) is 18.2 Å². The molecule has 0 unspecified atom stereocenters. The minimum absolute atomic E-state index is 0.0471. The van der Waals surface area contributed by atoms with Gasteiger partial charge in [-0.05, 0) is 17.7 Å². The Morgan fingerprint density at radius 2 is 1.95 bits per heavy atom. The van der Waals surface area contributed by atoms with E-state index >= 15 is 0 Å². The SMILES string of the molecule is Bc1cccc(COC(=O)c2ccc3cccc(O)c3n2)c1. The Kier molecular flexibility index (Phi) is 3.79. The lowest BCUT2D eigenvalue weighted by Crippen LogP contribution is -2.09. The van der Waals surface area contributed by atoms with Crippen molar-refractivity contribution in [3.8, 4) is 5.75 Å². The average molecular weight is 291 g/mol. The normalized spacial score (nSPS) is 10.5. The number of aromatic nitrogens is 1. The van der Waals surface area contributed by atoms with E-state index in [0.717, 1.165) is 16.4 Å². The molecule has 1 aromatic heterocycles. The van der Waals surface area contributed by atoms with Crippen LogP contribution < -0.4 is 5.46 Å². The van der Waals surface area contributed by atoms with Gasteiger partial charge in [0.05, 0.1) is 0 Å². The highest BCUT2D eigenvalue weighted by molar-refractivity contribution is 6.32. The van der Waals surface area contributed by atoms with E-state index in [2.05, 4.69) is 4.98 Å². The van der Waals surface area contributed by atoms with Crippen molar-refractivity contribution in [2.75, 3.05) is 0 Å². The molecule has 108 valence electrons. The molecule has 0 radical (unpaired) electrons. The third-order valence-corrected chi connectivity index (χ3v) is 3.36. The van der Waals surface area contributed by atoms with Gasteiger partial charge < -0.3 is 9.84 Å². The van der Waals surface area contributed by atoms with Crippen LogP contribution in [0.15, 0.2) is 54.6 Å². The number of pyridine rings is 1. The largest absolute Gasteiger partial charge is 0.506 e. The maximum absolute atomic E-state index is 12.1. The monoisotopic (exact) mass is 291 g/mol. The number of hydrogen-bond acceptors (Lipinski definition) is 4. The number of nitrogens with zero attached hydrogens (tertiary/aromatic N) is 1. The fourth-order valence-corrected chi connectivity index (χ4v) is 2.27. The Balaban J connectivity index is 1.79. The molecule has 3 aromatic rings. The molecule has 0 saturated heterocycles. The van der Waals surface area contributed by atoms with E-state index in [1.807, 2.05) is 38.2 Å². The van der Waals surface area contributed by atoms with E-state index in [0.29, 0.717) is 5.52 Å². The topological polar surface area (TPSA) is 59.4 Å². The molecule has 5 heteroatoms. The first kappa shape index (κ1) is 14.1. The number of phenolic OH excluding ortho intramolecular Hbond substituents is 1. The van der Waals surface area contributed by atoms with Gasteiger partial charge in [0.25, 0.3) is 0 Å². The summed E-state index contributed by atoms with van der Waals surface area (Å²) >= 11 is 0. The number of rotatable bonds is 3. The van der Waals surface area contributed by atoms with Gasteiger partial charge in [0, 0.05) is 5.39 Å². The molecule has 3 rings (SSSR count). The van der Waals surface area contributed by atoms with Crippen LogP contribution in [-0.2, 0) is 11.3 Å². The van der Waals surface area contributed by atoms with E-state index in [-0.39, 0.29) is 18.1 Å². The van der Waals surface area contributed by atoms with Crippen molar-refractivity contribution < 1.29 is 14.6 Å². The zero-order valence-electron chi connectivity index (χ0n) is 12.1. The maximum atomic E-state index is 12.1. The van der Waals surface area contributed by atoms with Gasteiger partial charge in [0.15, 0.2) is 0 Å². The smallest absolute Gasteiger partial charge is 0.357 e. The van der Waals surface area contributed by atoms with Crippen molar-refractivity contribution in [2.24, 2.45) is 0 Å². The Hall–Kier alpha value is -2.82. The van der Waals surface area contributed by atoms with Gasteiger partial charge in [-0.25, -0.2) is 9.78 Å².